The molecular weight excluding hydrogens is 412 g/mol. The summed E-state index contributed by atoms with van der Waals surface area (Å²) in [5, 5.41) is 0. The number of benzene rings is 2. The summed E-state index contributed by atoms with van der Waals surface area (Å²) in [6.45, 7) is -0.0844. The van der Waals surface area contributed by atoms with Crippen LogP contribution in [0.3, 0.4) is 0 Å². The summed E-state index contributed by atoms with van der Waals surface area (Å²) in [6, 6.07) is 16.2. The molecule has 0 aliphatic rings. The third-order valence-electron chi connectivity index (χ3n) is 4.18. The van der Waals surface area contributed by atoms with E-state index in [9.17, 15) is 18.0 Å². The topological polar surface area (TPSA) is 94.8 Å². The van der Waals surface area contributed by atoms with Gasteiger partial charge >= 0.3 is 5.97 Å². The second-order valence-corrected chi connectivity index (χ2v) is 9.54. The highest BCUT2D eigenvalue weighted by atomic mass is 32.2. The van der Waals surface area contributed by atoms with E-state index in [1.165, 1.54) is 18.4 Å². The van der Waals surface area contributed by atoms with Gasteiger partial charge in [-0.1, -0.05) is 53.8 Å². The number of ether oxygens (including phenoxy) is 1. The number of esters is 1. The van der Waals surface area contributed by atoms with Crippen molar-refractivity contribution in [2.24, 2.45) is 4.99 Å². The van der Waals surface area contributed by atoms with E-state index in [0.717, 1.165) is 10.2 Å². The molecule has 0 aliphatic heterocycles. The van der Waals surface area contributed by atoms with Crippen molar-refractivity contribution in [1.82, 2.24) is 4.57 Å². The van der Waals surface area contributed by atoms with Crippen molar-refractivity contribution < 1.29 is 22.7 Å². The zero-order chi connectivity index (χ0) is 20.9. The molecule has 0 spiro atoms. The van der Waals surface area contributed by atoms with Gasteiger partial charge in [-0.05, 0) is 17.7 Å². The van der Waals surface area contributed by atoms with E-state index in [-0.39, 0.29) is 24.5 Å². The van der Waals surface area contributed by atoms with Crippen LogP contribution in [-0.4, -0.2) is 37.7 Å². The number of aromatic nitrogens is 1. The molecule has 1 amide bonds. The summed E-state index contributed by atoms with van der Waals surface area (Å²) in [5.74, 6) is -1.42. The van der Waals surface area contributed by atoms with Gasteiger partial charge < -0.3 is 9.30 Å². The number of amides is 1. The van der Waals surface area contributed by atoms with Crippen molar-refractivity contribution in [3.63, 3.8) is 0 Å². The molecule has 2 aromatic carbocycles. The highest BCUT2D eigenvalue weighted by Crippen LogP contribution is 2.17. The molecule has 0 radical (unpaired) electrons. The van der Waals surface area contributed by atoms with Crippen molar-refractivity contribution >= 4 is 43.3 Å². The number of hydrogen-bond donors (Lipinski definition) is 0. The Labute approximate surface area is 172 Å². The Hall–Kier alpha value is -2.78. The van der Waals surface area contributed by atoms with Gasteiger partial charge in [0.15, 0.2) is 14.6 Å². The van der Waals surface area contributed by atoms with Crippen LogP contribution in [-0.2, 0) is 36.5 Å². The third kappa shape index (κ3) is 5.61. The second-order valence-electron chi connectivity index (χ2n) is 6.35. The molecule has 3 aromatic rings. The van der Waals surface area contributed by atoms with Gasteiger partial charge in [0.1, 0.15) is 6.54 Å². The smallest absolute Gasteiger partial charge is 0.325 e. The molecule has 0 unspecified atom stereocenters. The van der Waals surface area contributed by atoms with Crippen LogP contribution >= 0.6 is 11.3 Å². The lowest BCUT2D eigenvalue weighted by Crippen LogP contribution is -2.23. The van der Waals surface area contributed by atoms with Crippen LogP contribution in [0.25, 0.3) is 10.2 Å². The minimum atomic E-state index is -3.44. The van der Waals surface area contributed by atoms with E-state index in [1.807, 2.05) is 30.3 Å². The molecule has 0 saturated heterocycles. The largest absolute Gasteiger partial charge is 0.468 e. The lowest BCUT2D eigenvalue weighted by atomic mass is 10.2. The third-order valence-corrected chi connectivity index (χ3v) is 6.84. The maximum Gasteiger partial charge on any atom is 0.325 e. The Kier molecular flexibility index (Phi) is 6.60. The monoisotopic (exact) mass is 432 g/mol. The second kappa shape index (κ2) is 9.15. The summed E-state index contributed by atoms with van der Waals surface area (Å²) in [4.78, 5) is 28.5. The van der Waals surface area contributed by atoms with Crippen LogP contribution in [0.4, 0.5) is 0 Å². The molecule has 0 N–H and O–H groups in total. The van der Waals surface area contributed by atoms with Crippen LogP contribution in [0.15, 0.2) is 59.6 Å². The number of thiazole rings is 1. The lowest BCUT2D eigenvalue weighted by Gasteiger charge is -2.04. The number of carbonyl (C=O) groups is 2. The number of sulfone groups is 1. The first kappa shape index (κ1) is 20.9. The number of rotatable bonds is 7. The van der Waals surface area contributed by atoms with E-state index in [1.54, 1.807) is 28.8 Å². The van der Waals surface area contributed by atoms with Gasteiger partial charge in [-0.25, -0.2) is 8.42 Å². The van der Waals surface area contributed by atoms with Crippen molar-refractivity contribution in [2.75, 3.05) is 12.9 Å². The lowest BCUT2D eigenvalue weighted by molar-refractivity contribution is -0.141. The van der Waals surface area contributed by atoms with E-state index < -0.39 is 21.7 Å². The van der Waals surface area contributed by atoms with E-state index in [4.69, 9.17) is 4.74 Å². The Morgan fingerprint density at radius 2 is 1.76 bits per heavy atom. The molecule has 1 heterocycles. The van der Waals surface area contributed by atoms with E-state index in [0.29, 0.717) is 10.4 Å². The number of fused-ring (bicyclic) bond motifs is 1. The van der Waals surface area contributed by atoms with E-state index in [2.05, 4.69) is 4.99 Å². The van der Waals surface area contributed by atoms with Crippen LogP contribution in [0.5, 0.6) is 0 Å². The highest BCUT2D eigenvalue weighted by molar-refractivity contribution is 7.90. The molecule has 0 saturated carbocycles. The molecule has 0 atom stereocenters. The van der Waals surface area contributed by atoms with Crippen LogP contribution in [0, 0.1) is 0 Å². The van der Waals surface area contributed by atoms with Crippen molar-refractivity contribution in [1.29, 1.82) is 0 Å². The molecule has 0 aliphatic carbocycles. The molecule has 9 heteroatoms. The van der Waals surface area contributed by atoms with Gasteiger partial charge in [0.05, 0.1) is 28.8 Å². The van der Waals surface area contributed by atoms with Crippen LogP contribution in [0.2, 0.25) is 0 Å². The van der Waals surface area contributed by atoms with E-state index >= 15 is 0 Å². The molecule has 152 valence electrons. The van der Waals surface area contributed by atoms with Gasteiger partial charge in [-0.2, -0.15) is 4.99 Å². The quantitative estimate of drug-likeness (QED) is 0.534. The average Bonchev–Trinajstić information content (AvgIpc) is 3.04. The molecule has 29 heavy (non-hydrogen) atoms. The predicted molar refractivity (Wildman–Crippen MR) is 111 cm³/mol. The van der Waals surface area contributed by atoms with Crippen LogP contribution in [0.1, 0.15) is 12.0 Å². The predicted octanol–water partition coefficient (Wildman–Crippen LogP) is 2.31. The summed E-state index contributed by atoms with van der Waals surface area (Å²) < 4.78 is 31.8. The normalized spacial score (nSPS) is 12.2. The maximum absolute atomic E-state index is 12.3. The molecule has 1 aromatic heterocycles. The molecule has 3 rings (SSSR count). The Bertz CT molecular complexity index is 1190. The molecular formula is C20H20N2O5S2. The number of nitrogens with zero attached hydrogens (tertiary/aromatic N) is 2. The van der Waals surface area contributed by atoms with Crippen molar-refractivity contribution in [3.8, 4) is 0 Å². The molecule has 0 fully saturated rings. The van der Waals surface area contributed by atoms with Gasteiger partial charge in [0, 0.05) is 6.42 Å². The van der Waals surface area contributed by atoms with Gasteiger partial charge in [-0.15, -0.1) is 0 Å². The van der Waals surface area contributed by atoms with Crippen molar-refractivity contribution in [3.05, 3.63) is 65.0 Å². The Morgan fingerprint density at radius 1 is 1.07 bits per heavy atom. The van der Waals surface area contributed by atoms with Gasteiger partial charge in [0.2, 0.25) is 5.91 Å². The fourth-order valence-corrected chi connectivity index (χ4v) is 5.14. The number of carbonyl (C=O) groups excluding carboxylic acids is 2. The first-order valence-electron chi connectivity index (χ1n) is 8.85. The summed E-state index contributed by atoms with van der Waals surface area (Å²) in [6.07, 6.45) is -0.221. The highest BCUT2D eigenvalue weighted by Gasteiger charge is 2.16. The Balaban J connectivity index is 1.79. The van der Waals surface area contributed by atoms with Crippen LogP contribution < -0.4 is 4.80 Å². The van der Waals surface area contributed by atoms with Crippen molar-refractivity contribution in [2.45, 2.75) is 18.7 Å². The zero-order valence-corrected chi connectivity index (χ0v) is 17.4. The number of methoxy groups -OCH3 is 1. The Morgan fingerprint density at radius 3 is 2.48 bits per heavy atom. The average molecular weight is 433 g/mol. The standard InChI is InChI=1S/C20H20N2O5S2/c1-27-19(24)13-22-16-9-5-6-10-17(16)28-20(22)21-18(23)11-12-29(25,26)14-15-7-3-2-4-8-15/h2-10H,11-14H2,1H3. The first-order valence-corrected chi connectivity index (χ1v) is 11.5. The summed E-state index contributed by atoms with van der Waals surface area (Å²) >= 11 is 1.26. The maximum atomic E-state index is 12.3. The number of para-hydroxylation sites is 1. The fourth-order valence-electron chi connectivity index (χ4n) is 2.76. The minimum Gasteiger partial charge on any atom is -0.468 e. The molecule has 0 bridgehead atoms. The SMILES string of the molecule is COC(=O)Cn1c(=NC(=O)CCS(=O)(=O)Cc2ccccc2)sc2ccccc21. The number of hydrogen-bond acceptors (Lipinski definition) is 6. The van der Waals surface area contributed by atoms with Gasteiger partial charge in [-0.3, -0.25) is 9.59 Å². The fraction of sp³-hybridized carbons (Fsp3) is 0.250. The summed E-state index contributed by atoms with van der Waals surface area (Å²) in [5.41, 5.74) is 1.43. The summed E-state index contributed by atoms with van der Waals surface area (Å²) in [7, 11) is -2.15. The first-order chi connectivity index (χ1) is 13.9. The zero-order valence-electron chi connectivity index (χ0n) is 15.8. The molecule has 7 nitrogen and oxygen atoms in total. The minimum absolute atomic E-state index is 0.0844. The van der Waals surface area contributed by atoms with Gasteiger partial charge in [0.25, 0.3) is 0 Å².